The van der Waals surface area contributed by atoms with Crippen LogP contribution in [0.25, 0.3) is 0 Å². The summed E-state index contributed by atoms with van der Waals surface area (Å²) in [5.74, 6) is 0. The van der Waals surface area contributed by atoms with Gasteiger partial charge in [0, 0.05) is 13.1 Å². The molecule has 1 atom stereocenters. The minimum absolute atomic E-state index is 0.222. The minimum atomic E-state index is -0.433. The van der Waals surface area contributed by atoms with E-state index < -0.39 is 6.10 Å². The van der Waals surface area contributed by atoms with Gasteiger partial charge in [-0.2, -0.15) is 0 Å². The first kappa shape index (κ1) is 10.2. The topological polar surface area (TPSA) is 61.4 Å². The summed E-state index contributed by atoms with van der Waals surface area (Å²) in [6, 6.07) is -0.222. The smallest absolute Gasteiger partial charge is 0.314 e. The molecule has 3 N–H and O–H groups in total. The van der Waals surface area contributed by atoms with Crippen LogP contribution >= 0.6 is 0 Å². The summed E-state index contributed by atoms with van der Waals surface area (Å²) in [5, 5.41) is 14.1. The zero-order valence-corrected chi connectivity index (χ0v) is 7.05. The zero-order chi connectivity index (χ0) is 8.69. The lowest BCUT2D eigenvalue weighted by Gasteiger charge is -2.09. The van der Waals surface area contributed by atoms with Gasteiger partial charge in [0.15, 0.2) is 0 Å². The van der Waals surface area contributed by atoms with E-state index in [1.54, 1.807) is 0 Å². The van der Waals surface area contributed by atoms with Crippen LogP contribution in [0.3, 0.4) is 0 Å². The highest BCUT2D eigenvalue weighted by Crippen LogP contribution is 1.85. The molecule has 0 fully saturated rings. The van der Waals surface area contributed by atoms with E-state index in [9.17, 15) is 4.79 Å². The first-order valence-corrected chi connectivity index (χ1v) is 3.90. The molecular formula is C7H16N2O2. The van der Waals surface area contributed by atoms with Crippen molar-refractivity contribution in [3.8, 4) is 0 Å². The summed E-state index contributed by atoms with van der Waals surface area (Å²) >= 11 is 0. The number of amides is 2. The molecule has 0 saturated heterocycles. The maximum atomic E-state index is 10.7. The molecular weight excluding hydrogens is 144 g/mol. The van der Waals surface area contributed by atoms with Crippen LogP contribution in [0.2, 0.25) is 0 Å². The molecule has 0 saturated carbocycles. The Morgan fingerprint density at radius 3 is 2.55 bits per heavy atom. The molecule has 11 heavy (non-hydrogen) atoms. The summed E-state index contributed by atoms with van der Waals surface area (Å²) < 4.78 is 0. The number of rotatable bonds is 4. The fourth-order valence-electron chi connectivity index (χ4n) is 0.578. The van der Waals surface area contributed by atoms with Gasteiger partial charge in [0.2, 0.25) is 0 Å². The van der Waals surface area contributed by atoms with E-state index in [1.165, 1.54) is 0 Å². The predicted molar refractivity (Wildman–Crippen MR) is 43.4 cm³/mol. The van der Waals surface area contributed by atoms with Crippen molar-refractivity contribution in [2.24, 2.45) is 0 Å². The van der Waals surface area contributed by atoms with Gasteiger partial charge in [-0.15, -0.1) is 0 Å². The standard InChI is InChI=1S/C7H16N2O2/c1-3-6(10)5-9-7(11)8-4-2/h6,10H,3-5H2,1-2H3,(H2,8,9,11). The Bertz CT molecular complexity index is 117. The second kappa shape index (κ2) is 5.97. The fourth-order valence-corrected chi connectivity index (χ4v) is 0.578. The van der Waals surface area contributed by atoms with E-state index in [0.717, 1.165) is 0 Å². The molecule has 0 aromatic carbocycles. The maximum Gasteiger partial charge on any atom is 0.314 e. The SMILES string of the molecule is CCNC(=O)NCC(O)CC. The van der Waals surface area contributed by atoms with Crippen molar-refractivity contribution < 1.29 is 9.90 Å². The predicted octanol–water partition coefficient (Wildman–Crippen LogP) is 0.0764. The lowest BCUT2D eigenvalue weighted by atomic mass is 10.3. The Morgan fingerprint density at radius 2 is 2.09 bits per heavy atom. The number of carbonyl (C=O) groups is 1. The number of carbonyl (C=O) groups excluding carboxylic acids is 1. The van der Waals surface area contributed by atoms with Gasteiger partial charge >= 0.3 is 6.03 Å². The molecule has 0 aromatic heterocycles. The Balaban J connectivity index is 3.30. The summed E-state index contributed by atoms with van der Waals surface area (Å²) in [7, 11) is 0. The molecule has 0 radical (unpaired) electrons. The lowest BCUT2D eigenvalue weighted by Crippen LogP contribution is -2.39. The van der Waals surface area contributed by atoms with Gasteiger partial charge in [0.1, 0.15) is 0 Å². The number of nitrogens with one attached hydrogen (secondary N) is 2. The molecule has 0 bridgehead atoms. The highest BCUT2D eigenvalue weighted by atomic mass is 16.3. The molecule has 4 heteroatoms. The van der Waals surface area contributed by atoms with Crippen molar-refractivity contribution in [2.75, 3.05) is 13.1 Å². The Kier molecular flexibility index (Phi) is 5.56. The van der Waals surface area contributed by atoms with Crippen LogP contribution in [0.1, 0.15) is 20.3 Å². The van der Waals surface area contributed by atoms with Gasteiger partial charge in [0.05, 0.1) is 6.10 Å². The minimum Gasteiger partial charge on any atom is -0.391 e. The van der Waals surface area contributed by atoms with E-state index >= 15 is 0 Å². The van der Waals surface area contributed by atoms with Gasteiger partial charge < -0.3 is 15.7 Å². The maximum absolute atomic E-state index is 10.7. The van der Waals surface area contributed by atoms with Gasteiger partial charge in [-0.25, -0.2) is 4.79 Å². The average molecular weight is 160 g/mol. The van der Waals surface area contributed by atoms with Crippen LogP contribution in [-0.2, 0) is 0 Å². The van der Waals surface area contributed by atoms with Crippen molar-refractivity contribution in [3.63, 3.8) is 0 Å². The van der Waals surface area contributed by atoms with Crippen LogP contribution in [0.4, 0.5) is 4.79 Å². The second-order valence-corrected chi connectivity index (χ2v) is 2.30. The van der Waals surface area contributed by atoms with Crippen molar-refractivity contribution in [3.05, 3.63) is 0 Å². The van der Waals surface area contributed by atoms with E-state index in [2.05, 4.69) is 10.6 Å². The normalized spacial score (nSPS) is 12.3. The van der Waals surface area contributed by atoms with E-state index in [0.29, 0.717) is 19.5 Å². The van der Waals surface area contributed by atoms with Crippen LogP contribution < -0.4 is 10.6 Å². The van der Waals surface area contributed by atoms with Crippen LogP contribution in [0, 0.1) is 0 Å². The third-order valence-electron chi connectivity index (χ3n) is 1.31. The zero-order valence-electron chi connectivity index (χ0n) is 7.05. The molecule has 4 nitrogen and oxygen atoms in total. The Morgan fingerprint density at radius 1 is 1.45 bits per heavy atom. The molecule has 1 unspecified atom stereocenters. The molecule has 0 spiro atoms. The molecule has 0 aliphatic rings. The first-order valence-electron chi connectivity index (χ1n) is 3.90. The summed E-state index contributed by atoms with van der Waals surface area (Å²) in [6.07, 6.45) is 0.226. The number of hydrogen-bond acceptors (Lipinski definition) is 2. The number of hydrogen-bond donors (Lipinski definition) is 3. The Hall–Kier alpha value is -0.770. The molecule has 66 valence electrons. The second-order valence-electron chi connectivity index (χ2n) is 2.30. The average Bonchev–Trinajstić information content (AvgIpc) is 2.01. The monoisotopic (exact) mass is 160 g/mol. The van der Waals surface area contributed by atoms with Crippen molar-refractivity contribution >= 4 is 6.03 Å². The van der Waals surface area contributed by atoms with E-state index in [-0.39, 0.29) is 6.03 Å². The largest absolute Gasteiger partial charge is 0.391 e. The number of aliphatic hydroxyl groups is 1. The van der Waals surface area contributed by atoms with Crippen LogP contribution in [0.5, 0.6) is 0 Å². The molecule has 2 amide bonds. The van der Waals surface area contributed by atoms with Gasteiger partial charge in [-0.1, -0.05) is 6.92 Å². The van der Waals surface area contributed by atoms with Crippen LogP contribution in [0.15, 0.2) is 0 Å². The molecule has 0 aliphatic carbocycles. The van der Waals surface area contributed by atoms with Crippen LogP contribution in [-0.4, -0.2) is 30.3 Å². The Labute approximate surface area is 67.0 Å². The van der Waals surface area contributed by atoms with E-state index in [1.807, 2.05) is 13.8 Å². The molecule has 0 aromatic rings. The lowest BCUT2D eigenvalue weighted by molar-refractivity contribution is 0.166. The molecule has 0 aliphatic heterocycles. The third kappa shape index (κ3) is 5.66. The van der Waals surface area contributed by atoms with Gasteiger partial charge in [-0.3, -0.25) is 0 Å². The van der Waals surface area contributed by atoms with Crippen molar-refractivity contribution in [1.29, 1.82) is 0 Å². The molecule has 0 rings (SSSR count). The summed E-state index contributed by atoms with van der Waals surface area (Å²) in [5.41, 5.74) is 0. The first-order chi connectivity index (χ1) is 5.20. The third-order valence-corrected chi connectivity index (χ3v) is 1.31. The summed E-state index contributed by atoms with van der Waals surface area (Å²) in [4.78, 5) is 10.7. The van der Waals surface area contributed by atoms with Gasteiger partial charge in [-0.05, 0) is 13.3 Å². The highest BCUT2D eigenvalue weighted by Gasteiger charge is 2.02. The fraction of sp³-hybridized carbons (Fsp3) is 0.857. The van der Waals surface area contributed by atoms with Crippen molar-refractivity contribution in [2.45, 2.75) is 26.4 Å². The quantitative estimate of drug-likeness (QED) is 0.545. The number of aliphatic hydroxyl groups excluding tert-OH is 1. The summed E-state index contributed by atoms with van der Waals surface area (Å²) in [6.45, 7) is 4.64. The molecule has 0 heterocycles. The number of urea groups is 1. The van der Waals surface area contributed by atoms with Gasteiger partial charge in [0.25, 0.3) is 0 Å². The van der Waals surface area contributed by atoms with Crippen molar-refractivity contribution in [1.82, 2.24) is 10.6 Å². The van der Waals surface area contributed by atoms with E-state index in [4.69, 9.17) is 5.11 Å². The highest BCUT2D eigenvalue weighted by molar-refractivity contribution is 5.73.